The average molecular weight is 330 g/mol. The Balaban J connectivity index is 2.69. The van der Waals surface area contributed by atoms with Crippen molar-refractivity contribution in [1.82, 2.24) is 5.32 Å². The molecule has 1 N–H and O–H groups in total. The first-order valence-corrected chi connectivity index (χ1v) is 6.92. The van der Waals surface area contributed by atoms with Crippen LogP contribution < -0.4 is 10.1 Å². The molecule has 0 radical (unpaired) electrons. The Morgan fingerprint density at radius 1 is 1.37 bits per heavy atom. The second-order valence-electron chi connectivity index (χ2n) is 4.59. The Morgan fingerprint density at radius 2 is 2.05 bits per heavy atom. The number of nitrogens with one attached hydrogen (secondary N) is 1. The van der Waals surface area contributed by atoms with Gasteiger partial charge in [0.25, 0.3) is 0 Å². The van der Waals surface area contributed by atoms with Crippen LogP contribution in [-0.2, 0) is 16.1 Å². The molecule has 0 aliphatic rings. The Labute approximate surface area is 122 Å². The number of ether oxygens (including phenoxy) is 2. The fraction of sp³-hybridized carbons (Fsp3) is 0.500. The summed E-state index contributed by atoms with van der Waals surface area (Å²) < 4.78 is 10.9. The SMILES string of the molecule is COC(=O)[C@@H](NCc1ccc(OC)c(Br)c1)C(C)C. The van der Waals surface area contributed by atoms with Crippen molar-refractivity contribution in [1.29, 1.82) is 0 Å². The number of carbonyl (C=O) groups is 1. The van der Waals surface area contributed by atoms with Gasteiger partial charge in [-0.05, 0) is 39.5 Å². The van der Waals surface area contributed by atoms with E-state index in [1.807, 2.05) is 32.0 Å². The highest BCUT2D eigenvalue weighted by molar-refractivity contribution is 9.10. The molecule has 0 spiro atoms. The van der Waals surface area contributed by atoms with Gasteiger partial charge in [-0.2, -0.15) is 0 Å². The molecule has 1 rings (SSSR count). The van der Waals surface area contributed by atoms with Crippen molar-refractivity contribution >= 4 is 21.9 Å². The lowest BCUT2D eigenvalue weighted by Crippen LogP contribution is -2.41. The number of rotatable bonds is 6. The van der Waals surface area contributed by atoms with Gasteiger partial charge in [0.15, 0.2) is 0 Å². The molecule has 1 aromatic carbocycles. The van der Waals surface area contributed by atoms with Crippen LogP contribution in [0.5, 0.6) is 5.75 Å². The number of methoxy groups -OCH3 is 2. The number of hydrogen-bond donors (Lipinski definition) is 1. The molecule has 0 aromatic heterocycles. The summed E-state index contributed by atoms with van der Waals surface area (Å²) >= 11 is 3.44. The molecule has 106 valence electrons. The minimum atomic E-state index is -0.300. The van der Waals surface area contributed by atoms with Crippen LogP contribution in [0.3, 0.4) is 0 Å². The zero-order valence-corrected chi connectivity index (χ0v) is 13.3. The number of carbonyl (C=O) groups excluding carboxylic acids is 1. The van der Waals surface area contributed by atoms with Gasteiger partial charge in [0.1, 0.15) is 11.8 Å². The average Bonchev–Trinajstić information content (AvgIpc) is 2.38. The molecule has 0 amide bonds. The van der Waals surface area contributed by atoms with Crippen LogP contribution in [0, 0.1) is 5.92 Å². The molecular weight excluding hydrogens is 310 g/mol. The van der Waals surface area contributed by atoms with E-state index in [4.69, 9.17) is 9.47 Å². The van der Waals surface area contributed by atoms with Gasteiger partial charge < -0.3 is 14.8 Å². The fourth-order valence-corrected chi connectivity index (χ4v) is 2.35. The monoisotopic (exact) mass is 329 g/mol. The molecular formula is C14H20BrNO3. The molecule has 19 heavy (non-hydrogen) atoms. The van der Waals surface area contributed by atoms with E-state index in [0.29, 0.717) is 6.54 Å². The van der Waals surface area contributed by atoms with Crippen molar-refractivity contribution in [3.8, 4) is 5.75 Å². The van der Waals surface area contributed by atoms with Crippen LogP contribution >= 0.6 is 15.9 Å². The van der Waals surface area contributed by atoms with Gasteiger partial charge in [0, 0.05) is 6.54 Å². The van der Waals surface area contributed by atoms with E-state index in [-0.39, 0.29) is 17.9 Å². The van der Waals surface area contributed by atoms with Gasteiger partial charge in [0.2, 0.25) is 0 Å². The first-order valence-electron chi connectivity index (χ1n) is 6.13. The third-order valence-electron chi connectivity index (χ3n) is 2.86. The van der Waals surface area contributed by atoms with Gasteiger partial charge >= 0.3 is 5.97 Å². The molecule has 0 unspecified atom stereocenters. The van der Waals surface area contributed by atoms with Crippen molar-refractivity contribution in [3.63, 3.8) is 0 Å². The van der Waals surface area contributed by atoms with Crippen molar-refractivity contribution in [3.05, 3.63) is 28.2 Å². The Morgan fingerprint density at radius 3 is 2.53 bits per heavy atom. The highest BCUT2D eigenvalue weighted by Crippen LogP contribution is 2.25. The van der Waals surface area contributed by atoms with Crippen LogP contribution in [0.15, 0.2) is 22.7 Å². The van der Waals surface area contributed by atoms with Crippen molar-refractivity contribution < 1.29 is 14.3 Å². The molecule has 1 aromatic rings. The molecule has 0 heterocycles. The quantitative estimate of drug-likeness (QED) is 0.815. The molecule has 0 bridgehead atoms. The predicted molar refractivity (Wildman–Crippen MR) is 78.2 cm³/mol. The topological polar surface area (TPSA) is 47.6 Å². The smallest absolute Gasteiger partial charge is 0.323 e. The first-order chi connectivity index (χ1) is 8.99. The van der Waals surface area contributed by atoms with E-state index in [1.165, 1.54) is 7.11 Å². The summed E-state index contributed by atoms with van der Waals surface area (Å²) in [6.07, 6.45) is 0. The van der Waals surface area contributed by atoms with E-state index >= 15 is 0 Å². The largest absolute Gasteiger partial charge is 0.496 e. The van der Waals surface area contributed by atoms with Gasteiger partial charge in [0.05, 0.1) is 18.7 Å². The molecule has 5 heteroatoms. The van der Waals surface area contributed by atoms with E-state index in [0.717, 1.165) is 15.8 Å². The summed E-state index contributed by atoms with van der Waals surface area (Å²) in [5.74, 6) is 0.730. The maximum Gasteiger partial charge on any atom is 0.323 e. The van der Waals surface area contributed by atoms with Crippen LogP contribution in [0.25, 0.3) is 0 Å². The predicted octanol–water partition coefficient (Wildman–Crippen LogP) is 2.74. The maximum atomic E-state index is 11.6. The Kier molecular flexibility index (Phi) is 6.31. The number of benzene rings is 1. The van der Waals surface area contributed by atoms with E-state index < -0.39 is 0 Å². The Hall–Kier alpha value is -1.07. The normalized spacial score (nSPS) is 12.3. The lowest BCUT2D eigenvalue weighted by atomic mass is 10.0. The van der Waals surface area contributed by atoms with Gasteiger partial charge in [-0.3, -0.25) is 4.79 Å². The van der Waals surface area contributed by atoms with Crippen molar-refractivity contribution in [2.75, 3.05) is 14.2 Å². The van der Waals surface area contributed by atoms with Crippen LogP contribution in [0.1, 0.15) is 19.4 Å². The van der Waals surface area contributed by atoms with Crippen LogP contribution in [0.4, 0.5) is 0 Å². The molecule has 4 nitrogen and oxygen atoms in total. The highest BCUT2D eigenvalue weighted by atomic mass is 79.9. The standard InChI is InChI=1S/C14H20BrNO3/c1-9(2)13(14(17)19-4)16-8-10-5-6-12(18-3)11(15)7-10/h5-7,9,13,16H,8H2,1-4H3/t13-/m0/s1. The summed E-state index contributed by atoms with van der Waals surface area (Å²) in [4.78, 5) is 11.6. The lowest BCUT2D eigenvalue weighted by Gasteiger charge is -2.20. The zero-order chi connectivity index (χ0) is 14.4. The number of halogens is 1. The van der Waals surface area contributed by atoms with E-state index in [9.17, 15) is 4.79 Å². The van der Waals surface area contributed by atoms with E-state index in [2.05, 4.69) is 21.2 Å². The summed E-state index contributed by atoms with van der Waals surface area (Å²) in [6.45, 7) is 4.57. The van der Waals surface area contributed by atoms with Gasteiger partial charge in [-0.25, -0.2) is 0 Å². The molecule has 0 saturated heterocycles. The van der Waals surface area contributed by atoms with E-state index in [1.54, 1.807) is 7.11 Å². The number of hydrogen-bond acceptors (Lipinski definition) is 4. The minimum absolute atomic E-state index is 0.175. The number of esters is 1. The maximum absolute atomic E-state index is 11.6. The molecule has 0 saturated carbocycles. The molecule has 0 aliphatic carbocycles. The van der Waals surface area contributed by atoms with Gasteiger partial charge in [-0.15, -0.1) is 0 Å². The summed E-state index contributed by atoms with van der Waals surface area (Å²) in [7, 11) is 3.04. The first kappa shape index (κ1) is 16.0. The fourth-order valence-electron chi connectivity index (χ4n) is 1.77. The third kappa shape index (κ3) is 4.51. The molecule has 1 atom stereocenters. The molecule has 0 fully saturated rings. The summed E-state index contributed by atoms with van der Waals surface area (Å²) in [6, 6.07) is 5.53. The second kappa shape index (κ2) is 7.50. The zero-order valence-electron chi connectivity index (χ0n) is 11.7. The van der Waals surface area contributed by atoms with Crippen LogP contribution in [0.2, 0.25) is 0 Å². The third-order valence-corrected chi connectivity index (χ3v) is 3.48. The Bertz CT molecular complexity index is 435. The second-order valence-corrected chi connectivity index (χ2v) is 5.45. The van der Waals surface area contributed by atoms with Crippen molar-refractivity contribution in [2.24, 2.45) is 5.92 Å². The summed E-state index contributed by atoms with van der Waals surface area (Å²) in [5, 5.41) is 3.21. The molecule has 0 aliphatic heterocycles. The highest BCUT2D eigenvalue weighted by Gasteiger charge is 2.22. The minimum Gasteiger partial charge on any atom is -0.496 e. The van der Waals surface area contributed by atoms with Crippen LogP contribution in [-0.4, -0.2) is 26.2 Å². The van der Waals surface area contributed by atoms with Crippen molar-refractivity contribution in [2.45, 2.75) is 26.4 Å². The van der Waals surface area contributed by atoms with Gasteiger partial charge in [-0.1, -0.05) is 19.9 Å². The lowest BCUT2D eigenvalue weighted by molar-refractivity contribution is -0.144. The summed E-state index contributed by atoms with van der Waals surface area (Å²) in [5.41, 5.74) is 1.07.